The average molecular weight is 386 g/mol. The van der Waals surface area contributed by atoms with E-state index < -0.39 is 23.9 Å². The van der Waals surface area contributed by atoms with Gasteiger partial charge >= 0.3 is 18.0 Å². The van der Waals surface area contributed by atoms with Gasteiger partial charge in [0.1, 0.15) is 0 Å². The van der Waals surface area contributed by atoms with E-state index >= 15 is 0 Å². The van der Waals surface area contributed by atoms with Crippen molar-refractivity contribution < 1.29 is 23.9 Å². The normalized spacial score (nSPS) is 12.1. The van der Waals surface area contributed by atoms with E-state index in [1.54, 1.807) is 60.7 Å². The molecule has 142 valence electrons. The maximum Gasteiger partial charge on any atom is 0.346 e. The van der Waals surface area contributed by atoms with E-state index in [4.69, 9.17) is 0 Å². The second-order valence-electron chi connectivity index (χ2n) is 6.21. The number of anilines is 2. The molecule has 7 nitrogen and oxygen atoms in total. The molecule has 3 aromatic rings. The van der Waals surface area contributed by atoms with Crippen LogP contribution in [0.15, 0.2) is 78.9 Å². The first-order chi connectivity index (χ1) is 14.0. The fourth-order valence-corrected chi connectivity index (χ4v) is 2.95. The molecule has 1 aliphatic rings. The fourth-order valence-electron chi connectivity index (χ4n) is 2.95. The van der Waals surface area contributed by atoms with Gasteiger partial charge in [-0.1, -0.05) is 36.4 Å². The van der Waals surface area contributed by atoms with E-state index in [9.17, 15) is 19.2 Å². The lowest BCUT2D eigenvalue weighted by Crippen LogP contribution is -2.40. The Balaban J connectivity index is 1.71. The molecule has 0 saturated heterocycles. The first-order valence-electron chi connectivity index (χ1n) is 8.70. The van der Waals surface area contributed by atoms with E-state index in [1.165, 1.54) is 18.2 Å². The average Bonchev–Trinajstić information content (AvgIpc) is 3.03. The van der Waals surface area contributed by atoms with E-state index in [1.807, 2.05) is 0 Å². The molecule has 0 aliphatic carbocycles. The number of rotatable bonds is 3. The van der Waals surface area contributed by atoms with Crippen LogP contribution in [0.2, 0.25) is 0 Å². The molecular weight excluding hydrogens is 372 g/mol. The van der Waals surface area contributed by atoms with Crippen LogP contribution in [0.1, 0.15) is 31.1 Å². The van der Waals surface area contributed by atoms with Gasteiger partial charge in [0.2, 0.25) is 0 Å². The SMILES string of the molecule is O=C1OC(=O)c2cc(C(=O)N(C(=O)Nc3ccccc3)c3ccccc3)ccc21. The summed E-state index contributed by atoms with van der Waals surface area (Å²) < 4.78 is 4.56. The highest BCUT2D eigenvalue weighted by Crippen LogP contribution is 2.24. The van der Waals surface area contributed by atoms with Crippen LogP contribution in [0.25, 0.3) is 0 Å². The summed E-state index contributed by atoms with van der Waals surface area (Å²) in [5, 5.41) is 2.68. The minimum Gasteiger partial charge on any atom is -0.386 e. The van der Waals surface area contributed by atoms with Crippen molar-refractivity contribution in [2.24, 2.45) is 0 Å². The highest BCUT2D eigenvalue weighted by Gasteiger charge is 2.32. The fraction of sp³-hybridized carbons (Fsp3) is 0. The Morgan fingerprint density at radius 2 is 1.38 bits per heavy atom. The number of benzene rings is 3. The summed E-state index contributed by atoms with van der Waals surface area (Å²) in [6, 6.07) is 20.4. The highest BCUT2D eigenvalue weighted by atomic mass is 16.6. The maximum absolute atomic E-state index is 13.2. The number of fused-ring (bicyclic) bond motifs is 1. The Morgan fingerprint density at radius 1 is 0.759 bits per heavy atom. The first kappa shape index (κ1) is 18.1. The van der Waals surface area contributed by atoms with Crippen LogP contribution < -0.4 is 10.2 Å². The molecule has 0 fully saturated rings. The van der Waals surface area contributed by atoms with E-state index in [2.05, 4.69) is 10.1 Å². The quantitative estimate of drug-likeness (QED) is 0.545. The number of cyclic esters (lactones) is 2. The third-order valence-electron chi connectivity index (χ3n) is 4.34. The number of nitrogens with zero attached hydrogens (tertiary/aromatic N) is 1. The Kier molecular flexibility index (Phi) is 4.62. The minimum atomic E-state index is -0.820. The van der Waals surface area contributed by atoms with Crippen molar-refractivity contribution >= 4 is 35.3 Å². The smallest absolute Gasteiger partial charge is 0.346 e. The van der Waals surface area contributed by atoms with Crippen LogP contribution in [0, 0.1) is 0 Å². The van der Waals surface area contributed by atoms with Crippen molar-refractivity contribution in [1.82, 2.24) is 0 Å². The molecule has 0 spiro atoms. The van der Waals surface area contributed by atoms with Crippen LogP contribution in [0.5, 0.6) is 0 Å². The van der Waals surface area contributed by atoms with Gasteiger partial charge in [0.15, 0.2) is 0 Å². The standard InChI is InChI=1S/C22H14N2O5/c25-19(14-11-12-17-18(13-14)21(27)29-20(17)26)24(16-9-5-2-6-10-16)22(28)23-15-7-3-1-4-8-15/h1-13H,(H,23,28). The lowest BCUT2D eigenvalue weighted by Gasteiger charge is -2.21. The number of imide groups is 1. The van der Waals surface area contributed by atoms with Gasteiger partial charge in [-0.2, -0.15) is 0 Å². The Morgan fingerprint density at radius 3 is 2.07 bits per heavy atom. The zero-order chi connectivity index (χ0) is 20.4. The molecule has 0 unspecified atom stereocenters. The number of nitrogens with one attached hydrogen (secondary N) is 1. The number of carbonyl (C=O) groups is 4. The zero-order valence-electron chi connectivity index (χ0n) is 15.0. The van der Waals surface area contributed by atoms with Gasteiger partial charge in [0.25, 0.3) is 5.91 Å². The maximum atomic E-state index is 13.2. The van der Waals surface area contributed by atoms with Crippen molar-refractivity contribution in [1.29, 1.82) is 0 Å². The molecule has 0 saturated carbocycles. The predicted molar refractivity (Wildman–Crippen MR) is 105 cm³/mol. The number of ether oxygens (including phenoxy) is 1. The van der Waals surface area contributed by atoms with Crippen molar-refractivity contribution in [2.75, 3.05) is 10.2 Å². The number of para-hydroxylation sites is 2. The Hall–Kier alpha value is -4.26. The van der Waals surface area contributed by atoms with Gasteiger partial charge in [-0.25, -0.2) is 19.3 Å². The van der Waals surface area contributed by atoms with Gasteiger partial charge in [-0.15, -0.1) is 0 Å². The summed E-state index contributed by atoms with van der Waals surface area (Å²) in [5.41, 5.74) is 1.03. The largest absolute Gasteiger partial charge is 0.386 e. The van der Waals surface area contributed by atoms with E-state index in [0.717, 1.165) is 4.90 Å². The minimum absolute atomic E-state index is 0.00247. The number of esters is 2. The van der Waals surface area contributed by atoms with Crippen LogP contribution in [-0.4, -0.2) is 23.9 Å². The summed E-state index contributed by atoms with van der Waals surface area (Å²) in [6.07, 6.45) is 0. The summed E-state index contributed by atoms with van der Waals surface area (Å²) >= 11 is 0. The van der Waals surface area contributed by atoms with E-state index in [0.29, 0.717) is 11.4 Å². The number of hydrogen-bond acceptors (Lipinski definition) is 5. The predicted octanol–water partition coefficient (Wildman–Crippen LogP) is 3.88. The Labute approximate surface area is 165 Å². The monoisotopic (exact) mass is 386 g/mol. The topological polar surface area (TPSA) is 92.8 Å². The van der Waals surface area contributed by atoms with Crippen molar-refractivity contribution in [3.63, 3.8) is 0 Å². The molecule has 4 rings (SSSR count). The third kappa shape index (κ3) is 3.49. The lowest BCUT2D eigenvalue weighted by atomic mass is 10.0. The molecule has 7 heteroatoms. The number of carbonyl (C=O) groups excluding carboxylic acids is 4. The second-order valence-corrected chi connectivity index (χ2v) is 6.21. The molecule has 3 aromatic carbocycles. The van der Waals surface area contributed by atoms with Crippen molar-refractivity contribution in [3.05, 3.63) is 95.6 Å². The zero-order valence-corrected chi connectivity index (χ0v) is 15.0. The van der Waals surface area contributed by atoms with Crippen LogP contribution in [0.3, 0.4) is 0 Å². The third-order valence-corrected chi connectivity index (χ3v) is 4.34. The van der Waals surface area contributed by atoms with Gasteiger partial charge in [0.05, 0.1) is 16.8 Å². The van der Waals surface area contributed by atoms with Crippen LogP contribution >= 0.6 is 0 Å². The molecule has 29 heavy (non-hydrogen) atoms. The molecule has 0 atom stereocenters. The van der Waals surface area contributed by atoms with Crippen molar-refractivity contribution in [2.45, 2.75) is 0 Å². The molecule has 3 amide bonds. The van der Waals surface area contributed by atoms with Crippen LogP contribution in [0.4, 0.5) is 16.2 Å². The molecule has 1 heterocycles. The first-order valence-corrected chi connectivity index (χ1v) is 8.70. The number of urea groups is 1. The molecule has 0 aromatic heterocycles. The van der Waals surface area contributed by atoms with Gasteiger partial charge in [0, 0.05) is 11.3 Å². The summed E-state index contributed by atoms with van der Waals surface area (Å²) in [4.78, 5) is 50.5. The Bertz CT molecular complexity index is 1130. The summed E-state index contributed by atoms with van der Waals surface area (Å²) in [7, 11) is 0. The highest BCUT2D eigenvalue weighted by molar-refractivity contribution is 6.24. The molecule has 0 radical (unpaired) electrons. The molecule has 1 N–H and O–H groups in total. The lowest BCUT2D eigenvalue weighted by molar-refractivity contribution is 0.0443. The van der Waals surface area contributed by atoms with Gasteiger partial charge in [-0.3, -0.25) is 4.79 Å². The summed E-state index contributed by atoms with van der Waals surface area (Å²) in [6.45, 7) is 0. The second kappa shape index (κ2) is 7.40. The van der Waals surface area contributed by atoms with Crippen molar-refractivity contribution in [3.8, 4) is 0 Å². The molecular formula is C22H14N2O5. The van der Waals surface area contributed by atoms with Gasteiger partial charge in [-0.05, 0) is 42.5 Å². The number of amides is 3. The molecule has 1 aliphatic heterocycles. The summed E-state index contributed by atoms with van der Waals surface area (Å²) in [5.74, 6) is -2.23. The number of hydrogen-bond donors (Lipinski definition) is 1. The van der Waals surface area contributed by atoms with Crippen LogP contribution in [-0.2, 0) is 4.74 Å². The van der Waals surface area contributed by atoms with Gasteiger partial charge < -0.3 is 10.1 Å². The van der Waals surface area contributed by atoms with E-state index in [-0.39, 0.29) is 16.7 Å². The molecule has 0 bridgehead atoms.